The normalized spacial score (nSPS) is 11.8. The van der Waals surface area contributed by atoms with Crippen molar-refractivity contribution in [1.29, 1.82) is 0 Å². The number of halogens is 3. The molecule has 0 unspecified atom stereocenters. The van der Waals surface area contributed by atoms with Crippen LogP contribution < -0.4 is 4.72 Å². The molecule has 7 heteroatoms. The molecule has 124 valence electrons. The van der Waals surface area contributed by atoms with Crippen molar-refractivity contribution in [3.8, 4) is 0 Å². The molecular formula is C17H12Cl2FNO2S. The molecule has 0 heterocycles. The van der Waals surface area contributed by atoms with Crippen LogP contribution in [0.1, 0.15) is 5.56 Å². The van der Waals surface area contributed by atoms with Gasteiger partial charge in [-0.3, -0.25) is 0 Å². The van der Waals surface area contributed by atoms with Gasteiger partial charge < -0.3 is 0 Å². The van der Waals surface area contributed by atoms with E-state index < -0.39 is 15.8 Å². The van der Waals surface area contributed by atoms with Gasteiger partial charge in [0.05, 0.1) is 4.90 Å². The van der Waals surface area contributed by atoms with E-state index >= 15 is 0 Å². The third kappa shape index (κ3) is 3.26. The number of benzene rings is 3. The number of hydrogen-bond acceptors (Lipinski definition) is 2. The van der Waals surface area contributed by atoms with Gasteiger partial charge in [-0.05, 0) is 29.7 Å². The van der Waals surface area contributed by atoms with Crippen molar-refractivity contribution in [1.82, 2.24) is 4.72 Å². The zero-order valence-electron chi connectivity index (χ0n) is 12.3. The van der Waals surface area contributed by atoms with Gasteiger partial charge in [-0.15, -0.1) is 0 Å². The first-order chi connectivity index (χ1) is 11.4. The van der Waals surface area contributed by atoms with Gasteiger partial charge in [-0.1, -0.05) is 53.5 Å². The minimum atomic E-state index is -3.90. The fraction of sp³-hybridized carbons (Fsp3) is 0.0588. The molecule has 0 atom stereocenters. The van der Waals surface area contributed by atoms with Crippen LogP contribution in [-0.2, 0) is 16.6 Å². The largest absolute Gasteiger partial charge is 0.241 e. The maximum Gasteiger partial charge on any atom is 0.241 e. The highest BCUT2D eigenvalue weighted by atomic mass is 35.5. The summed E-state index contributed by atoms with van der Waals surface area (Å²) in [6, 6.07) is 14.2. The molecule has 0 spiro atoms. The van der Waals surface area contributed by atoms with E-state index in [0.29, 0.717) is 15.8 Å². The van der Waals surface area contributed by atoms with Crippen LogP contribution in [0.3, 0.4) is 0 Å². The first kappa shape index (κ1) is 17.2. The highest BCUT2D eigenvalue weighted by molar-refractivity contribution is 7.89. The number of sulfonamides is 1. The first-order valence-corrected chi connectivity index (χ1v) is 9.24. The van der Waals surface area contributed by atoms with Crippen LogP contribution in [0.25, 0.3) is 10.8 Å². The second-order valence-corrected chi connectivity index (χ2v) is 7.67. The fourth-order valence-electron chi connectivity index (χ4n) is 2.43. The Morgan fingerprint density at radius 1 is 0.917 bits per heavy atom. The van der Waals surface area contributed by atoms with E-state index in [1.54, 1.807) is 30.3 Å². The van der Waals surface area contributed by atoms with Crippen molar-refractivity contribution in [3.05, 3.63) is 76.0 Å². The molecule has 0 radical (unpaired) electrons. The van der Waals surface area contributed by atoms with Crippen molar-refractivity contribution >= 4 is 44.0 Å². The average Bonchev–Trinajstić information content (AvgIpc) is 2.54. The van der Waals surface area contributed by atoms with Crippen molar-refractivity contribution in [2.24, 2.45) is 0 Å². The Kier molecular flexibility index (Phi) is 4.78. The topological polar surface area (TPSA) is 46.2 Å². The van der Waals surface area contributed by atoms with Crippen molar-refractivity contribution in [2.45, 2.75) is 11.4 Å². The minimum absolute atomic E-state index is 0.0399. The predicted octanol–water partition coefficient (Wildman–Crippen LogP) is 4.76. The van der Waals surface area contributed by atoms with Crippen molar-refractivity contribution < 1.29 is 12.8 Å². The zero-order valence-corrected chi connectivity index (χ0v) is 14.6. The Hall–Kier alpha value is -1.66. The summed E-state index contributed by atoms with van der Waals surface area (Å²) in [5, 5.41) is 1.62. The van der Waals surface area contributed by atoms with Crippen LogP contribution in [-0.4, -0.2) is 8.42 Å². The summed E-state index contributed by atoms with van der Waals surface area (Å²) in [6.45, 7) is -0.255. The third-order valence-corrected chi connectivity index (χ3v) is 5.72. The highest BCUT2D eigenvalue weighted by Gasteiger charge is 2.20. The van der Waals surface area contributed by atoms with Gasteiger partial charge in [-0.2, -0.15) is 0 Å². The van der Waals surface area contributed by atoms with Crippen LogP contribution in [0.2, 0.25) is 10.0 Å². The van der Waals surface area contributed by atoms with E-state index in [2.05, 4.69) is 4.72 Å². The lowest BCUT2D eigenvalue weighted by Gasteiger charge is -2.12. The van der Waals surface area contributed by atoms with Gasteiger partial charge in [-0.25, -0.2) is 17.5 Å². The number of hydrogen-bond donors (Lipinski definition) is 1. The molecule has 3 aromatic carbocycles. The Balaban J connectivity index is 2.00. The van der Waals surface area contributed by atoms with E-state index in [0.717, 1.165) is 0 Å². The van der Waals surface area contributed by atoms with Gasteiger partial charge in [0.15, 0.2) is 0 Å². The number of rotatable bonds is 4. The Labute approximate surface area is 149 Å². The molecule has 0 saturated carbocycles. The summed E-state index contributed by atoms with van der Waals surface area (Å²) in [7, 11) is -3.90. The standard InChI is InChI=1S/C17H12Cl2FNO2S/c18-13-6-3-8-15(20)12(13)10-21-24(22,23)16-9-2-5-11-4-1-7-14(19)17(11)16/h1-9,21H,10H2. The summed E-state index contributed by atoms with van der Waals surface area (Å²) in [4.78, 5) is 0.0399. The van der Waals surface area contributed by atoms with Crippen LogP contribution in [0, 0.1) is 5.82 Å². The third-order valence-electron chi connectivity index (χ3n) is 3.61. The van der Waals surface area contributed by atoms with Gasteiger partial charge >= 0.3 is 0 Å². The second kappa shape index (κ2) is 6.69. The molecule has 3 aromatic rings. The summed E-state index contributed by atoms with van der Waals surface area (Å²) in [5.41, 5.74) is 0.0917. The molecule has 1 N–H and O–H groups in total. The van der Waals surface area contributed by atoms with Gasteiger partial charge in [0.1, 0.15) is 5.82 Å². The lowest BCUT2D eigenvalue weighted by molar-refractivity contribution is 0.575. The molecular weight excluding hydrogens is 372 g/mol. The Morgan fingerprint density at radius 2 is 1.54 bits per heavy atom. The fourth-order valence-corrected chi connectivity index (χ4v) is 4.25. The zero-order chi connectivity index (χ0) is 17.3. The summed E-state index contributed by atoms with van der Waals surface area (Å²) in [6.07, 6.45) is 0. The maximum atomic E-state index is 13.8. The summed E-state index contributed by atoms with van der Waals surface area (Å²) < 4.78 is 41.5. The molecule has 3 rings (SSSR count). The Morgan fingerprint density at radius 3 is 2.25 bits per heavy atom. The molecule has 0 aromatic heterocycles. The second-order valence-electron chi connectivity index (χ2n) is 5.12. The molecule has 0 saturated heterocycles. The van der Waals surface area contributed by atoms with Crippen LogP contribution in [0.15, 0.2) is 59.5 Å². The molecule has 0 amide bonds. The maximum absolute atomic E-state index is 13.8. The lowest BCUT2D eigenvalue weighted by atomic mass is 10.1. The SMILES string of the molecule is O=S(=O)(NCc1c(F)cccc1Cl)c1cccc2cccc(Cl)c12. The molecule has 24 heavy (non-hydrogen) atoms. The number of nitrogens with one attached hydrogen (secondary N) is 1. The summed E-state index contributed by atoms with van der Waals surface area (Å²) in [5.74, 6) is -0.568. The van der Waals surface area contributed by atoms with E-state index in [1.165, 1.54) is 24.3 Å². The van der Waals surface area contributed by atoms with E-state index in [9.17, 15) is 12.8 Å². The van der Waals surface area contributed by atoms with Crippen molar-refractivity contribution in [2.75, 3.05) is 0 Å². The van der Waals surface area contributed by atoms with Crippen molar-refractivity contribution in [3.63, 3.8) is 0 Å². The average molecular weight is 384 g/mol. The molecule has 0 aliphatic carbocycles. The lowest BCUT2D eigenvalue weighted by Crippen LogP contribution is -2.24. The van der Waals surface area contributed by atoms with Crippen LogP contribution >= 0.6 is 23.2 Å². The monoisotopic (exact) mass is 383 g/mol. The van der Waals surface area contributed by atoms with Gasteiger partial charge in [0.2, 0.25) is 10.0 Å². The van der Waals surface area contributed by atoms with Crippen LogP contribution in [0.5, 0.6) is 0 Å². The predicted molar refractivity (Wildman–Crippen MR) is 94.4 cm³/mol. The van der Waals surface area contributed by atoms with Crippen LogP contribution in [0.4, 0.5) is 4.39 Å². The number of fused-ring (bicyclic) bond motifs is 1. The summed E-state index contributed by atoms with van der Waals surface area (Å²) >= 11 is 12.1. The molecule has 0 bridgehead atoms. The molecule has 0 fully saturated rings. The van der Waals surface area contributed by atoms with Gasteiger partial charge in [0.25, 0.3) is 0 Å². The molecule has 0 aliphatic heterocycles. The van der Waals surface area contributed by atoms with E-state index in [1.807, 2.05) is 0 Å². The molecule has 0 aliphatic rings. The van der Waals surface area contributed by atoms with E-state index in [-0.39, 0.29) is 22.0 Å². The van der Waals surface area contributed by atoms with Gasteiger partial charge in [0, 0.05) is 27.5 Å². The Bertz CT molecular complexity index is 997. The first-order valence-electron chi connectivity index (χ1n) is 7.00. The van der Waals surface area contributed by atoms with E-state index in [4.69, 9.17) is 23.2 Å². The smallest absolute Gasteiger partial charge is 0.207 e. The minimum Gasteiger partial charge on any atom is -0.207 e. The highest BCUT2D eigenvalue weighted by Crippen LogP contribution is 2.30. The quantitative estimate of drug-likeness (QED) is 0.705. The molecule has 3 nitrogen and oxygen atoms in total.